The second kappa shape index (κ2) is 8.51. The van der Waals surface area contributed by atoms with Crippen LogP contribution in [0.5, 0.6) is 5.75 Å². The molecule has 0 unspecified atom stereocenters. The minimum Gasteiger partial charge on any atom is -0.493 e. The number of benzene rings is 2. The Hall–Kier alpha value is -3.82. The molecule has 34 heavy (non-hydrogen) atoms. The lowest BCUT2D eigenvalue weighted by molar-refractivity contribution is -0.138. The number of alkyl halides is 3. The normalized spacial score (nSPS) is 12.3. The predicted molar refractivity (Wildman–Crippen MR) is 119 cm³/mol. The molecule has 0 fully saturated rings. The molecule has 0 aliphatic heterocycles. The lowest BCUT2D eigenvalue weighted by atomic mass is 9.89. The summed E-state index contributed by atoms with van der Waals surface area (Å²) in [5.74, 6) is -0.352. The van der Waals surface area contributed by atoms with Crippen LogP contribution < -0.4 is 4.74 Å². The summed E-state index contributed by atoms with van der Waals surface area (Å²) in [5, 5.41) is 18.9. The highest BCUT2D eigenvalue weighted by atomic mass is 19.4. The summed E-state index contributed by atoms with van der Waals surface area (Å²) in [6.45, 7) is 5.77. The van der Waals surface area contributed by atoms with Crippen molar-refractivity contribution in [3.05, 3.63) is 71.7 Å². The number of fused-ring (bicyclic) bond motifs is 1. The first kappa shape index (κ1) is 23.3. The highest BCUT2D eigenvalue weighted by molar-refractivity contribution is 5.83. The molecule has 0 aliphatic carbocycles. The maximum atomic E-state index is 12.8. The Labute approximate surface area is 193 Å². The predicted octanol–water partition coefficient (Wildman–Crippen LogP) is 4.99. The van der Waals surface area contributed by atoms with Crippen molar-refractivity contribution in [2.45, 2.75) is 38.9 Å². The van der Waals surface area contributed by atoms with Gasteiger partial charge >= 0.3 is 12.1 Å². The summed E-state index contributed by atoms with van der Waals surface area (Å²) >= 11 is 0. The number of nitrogens with zero attached hydrogens (tertiary/aromatic N) is 4. The molecule has 4 rings (SSSR count). The van der Waals surface area contributed by atoms with Crippen molar-refractivity contribution in [1.82, 2.24) is 19.6 Å². The summed E-state index contributed by atoms with van der Waals surface area (Å²) in [6.07, 6.45) is -2.69. The Bertz CT molecular complexity index is 1340. The highest BCUT2D eigenvalue weighted by Crippen LogP contribution is 2.30. The quantitative estimate of drug-likeness (QED) is 0.410. The number of hydrogen-bond donors (Lipinski definition) is 1. The first-order valence-electron chi connectivity index (χ1n) is 10.5. The van der Waals surface area contributed by atoms with E-state index in [9.17, 15) is 18.0 Å². The Morgan fingerprint density at radius 3 is 2.41 bits per heavy atom. The summed E-state index contributed by atoms with van der Waals surface area (Å²) < 4.78 is 46.2. The molecule has 2 aromatic heterocycles. The third-order valence-electron chi connectivity index (χ3n) is 5.50. The molecule has 0 bridgehead atoms. The van der Waals surface area contributed by atoms with Crippen LogP contribution in [0, 0.1) is 6.92 Å². The van der Waals surface area contributed by atoms with Gasteiger partial charge in [0.25, 0.3) is 0 Å². The van der Waals surface area contributed by atoms with E-state index in [2.05, 4.69) is 10.2 Å². The number of aliphatic carboxylic acids is 1. The number of carbonyl (C=O) groups is 1. The first-order chi connectivity index (χ1) is 15.9. The van der Waals surface area contributed by atoms with Gasteiger partial charge < -0.3 is 14.4 Å². The van der Waals surface area contributed by atoms with Gasteiger partial charge in [0.1, 0.15) is 12.3 Å². The largest absolute Gasteiger partial charge is 0.493 e. The number of aromatic nitrogens is 4. The van der Waals surface area contributed by atoms with Crippen molar-refractivity contribution in [2.75, 3.05) is 6.61 Å². The molecule has 2 heterocycles. The number of rotatable bonds is 7. The number of hydrogen-bond acceptors (Lipinski definition) is 4. The number of aryl methyl sites for hydroxylation is 1. The Morgan fingerprint density at radius 2 is 1.76 bits per heavy atom. The third kappa shape index (κ3) is 4.75. The first-order valence-corrected chi connectivity index (χ1v) is 10.5. The van der Waals surface area contributed by atoms with Crippen molar-refractivity contribution < 1.29 is 27.8 Å². The van der Waals surface area contributed by atoms with Gasteiger partial charge in [-0.1, -0.05) is 13.8 Å². The monoisotopic (exact) mass is 472 g/mol. The van der Waals surface area contributed by atoms with E-state index < -0.39 is 23.1 Å². The van der Waals surface area contributed by atoms with Crippen LogP contribution in [0.2, 0.25) is 0 Å². The van der Waals surface area contributed by atoms with Crippen molar-refractivity contribution in [1.29, 1.82) is 0 Å². The molecule has 7 nitrogen and oxygen atoms in total. The van der Waals surface area contributed by atoms with E-state index in [1.54, 1.807) is 23.8 Å². The molecule has 0 atom stereocenters. The summed E-state index contributed by atoms with van der Waals surface area (Å²) in [4.78, 5) is 12.4. The van der Waals surface area contributed by atoms with Gasteiger partial charge in [-0.3, -0.25) is 4.79 Å². The molecule has 2 aromatic carbocycles. The van der Waals surface area contributed by atoms with Crippen LogP contribution in [0.3, 0.4) is 0 Å². The van der Waals surface area contributed by atoms with Gasteiger partial charge in [0.15, 0.2) is 0 Å². The van der Waals surface area contributed by atoms with Gasteiger partial charge in [0.05, 0.1) is 34.8 Å². The van der Waals surface area contributed by atoms with Gasteiger partial charge in [0.2, 0.25) is 0 Å². The molecular formula is C24H23F3N4O3. The number of halogens is 3. The van der Waals surface area contributed by atoms with Gasteiger partial charge in [-0.2, -0.15) is 28.2 Å². The summed E-state index contributed by atoms with van der Waals surface area (Å²) in [7, 11) is 0. The van der Waals surface area contributed by atoms with Crippen molar-refractivity contribution in [3.8, 4) is 11.4 Å². The average molecular weight is 472 g/mol. The van der Waals surface area contributed by atoms with Crippen LogP contribution in [-0.2, 0) is 22.9 Å². The van der Waals surface area contributed by atoms with Gasteiger partial charge in [-0.25, -0.2) is 0 Å². The smallest absolute Gasteiger partial charge is 0.416 e. The van der Waals surface area contributed by atoms with Crippen LogP contribution in [0.15, 0.2) is 54.7 Å². The fourth-order valence-electron chi connectivity index (χ4n) is 3.77. The Kier molecular flexibility index (Phi) is 5.84. The molecule has 0 saturated heterocycles. The van der Waals surface area contributed by atoms with Crippen LogP contribution in [-0.4, -0.2) is 37.2 Å². The second-order valence-corrected chi connectivity index (χ2v) is 8.70. The Morgan fingerprint density at radius 1 is 1.06 bits per heavy atom. The maximum absolute atomic E-state index is 12.8. The SMILES string of the molecule is Cc1nn(-c2ccc(C(F)(F)F)cc2)nc1C(C)(C)COc1ccc2ccn(CC(=O)O)c2c1. The van der Waals surface area contributed by atoms with Gasteiger partial charge in [-0.05, 0) is 54.8 Å². The highest BCUT2D eigenvalue weighted by Gasteiger charge is 2.31. The van der Waals surface area contributed by atoms with Gasteiger partial charge in [-0.15, -0.1) is 0 Å². The van der Waals surface area contributed by atoms with E-state index in [1.807, 2.05) is 32.0 Å². The van der Waals surface area contributed by atoms with Crippen LogP contribution >= 0.6 is 0 Å². The number of carboxylic acid groups (broad SMARTS) is 1. The van der Waals surface area contributed by atoms with Crippen molar-refractivity contribution in [2.24, 2.45) is 0 Å². The average Bonchev–Trinajstić information content (AvgIpc) is 3.35. The number of carboxylic acids is 1. The van der Waals surface area contributed by atoms with Gasteiger partial charge in [0, 0.05) is 17.7 Å². The molecule has 0 aliphatic rings. The molecule has 0 saturated carbocycles. The van der Waals surface area contributed by atoms with Crippen LogP contribution in [0.25, 0.3) is 16.6 Å². The molecule has 10 heteroatoms. The molecule has 0 spiro atoms. The Balaban J connectivity index is 1.53. The van der Waals surface area contributed by atoms with Crippen LogP contribution in [0.4, 0.5) is 13.2 Å². The minimum atomic E-state index is -4.41. The summed E-state index contributed by atoms with van der Waals surface area (Å²) in [6, 6.07) is 12.0. The zero-order valence-electron chi connectivity index (χ0n) is 18.8. The number of ether oxygens (including phenoxy) is 1. The molecule has 0 amide bonds. The fraction of sp³-hybridized carbons (Fsp3) is 0.292. The topological polar surface area (TPSA) is 82.2 Å². The van der Waals surface area contributed by atoms with E-state index in [4.69, 9.17) is 9.84 Å². The molecule has 1 N–H and O–H groups in total. The standard InChI is InChI=1S/C24H23F3N4O3/c1-15-22(29-31(28-15)18-7-5-17(6-8-18)24(25,26)27)23(2,3)14-34-19-9-4-16-10-11-30(13-21(32)33)20(16)12-19/h4-12H,13-14H2,1-3H3,(H,32,33). The molecular weight excluding hydrogens is 449 g/mol. The van der Waals surface area contributed by atoms with Crippen LogP contribution in [0.1, 0.15) is 30.8 Å². The fourth-order valence-corrected chi connectivity index (χ4v) is 3.77. The zero-order valence-corrected chi connectivity index (χ0v) is 18.8. The van der Waals surface area contributed by atoms with E-state index in [-0.39, 0.29) is 13.2 Å². The van der Waals surface area contributed by atoms with E-state index >= 15 is 0 Å². The van der Waals surface area contributed by atoms with E-state index in [1.165, 1.54) is 16.9 Å². The lowest BCUT2D eigenvalue weighted by Gasteiger charge is -2.23. The molecule has 0 radical (unpaired) electrons. The minimum absolute atomic E-state index is 0.148. The van der Waals surface area contributed by atoms with Crippen molar-refractivity contribution in [3.63, 3.8) is 0 Å². The van der Waals surface area contributed by atoms with E-state index in [0.717, 1.165) is 23.0 Å². The summed E-state index contributed by atoms with van der Waals surface area (Å²) in [5.41, 5.74) is 1.17. The van der Waals surface area contributed by atoms with E-state index in [0.29, 0.717) is 22.8 Å². The zero-order chi connectivity index (χ0) is 24.7. The molecule has 178 valence electrons. The molecule has 4 aromatic rings. The maximum Gasteiger partial charge on any atom is 0.416 e. The lowest BCUT2D eigenvalue weighted by Crippen LogP contribution is -2.28. The third-order valence-corrected chi connectivity index (χ3v) is 5.50. The van der Waals surface area contributed by atoms with Crippen molar-refractivity contribution >= 4 is 16.9 Å². The second-order valence-electron chi connectivity index (χ2n) is 8.70.